The van der Waals surface area contributed by atoms with Crippen LogP contribution in [0.2, 0.25) is 5.02 Å². The molecule has 28 heavy (non-hydrogen) atoms. The molecule has 146 valence electrons. The van der Waals surface area contributed by atoms with E-state index >= 15 is 0 Å². The van der Waals surface area contributed by atoms with E-state index in [1.807, 2.05) is 12.1 Å². The van der Waals surface area contributed by atoms with Gasteiger partial charge in [-0.25, -0.2) is 0 Å². The Labute approximate surface area is 172 Å². The van der Waals surface area contributed by atoms with Crippen LogP contribution in [0.25, 0.3) is 10.9 Å². The molecule has 1 unspecified atom stereocenters. The highest BCUT2D eigenvalue weighted by atomic mass is 35.5. The van der Waals surface area contributed by atoms with E-state index in [0.29, 0.717) is 6.04 Å². The number of para-hydroxylation sites is 1. The third-order valence-electron chi connectivity index (χ3n) is 6.85. The molecule has 0 radical (unpaired) electrons. The second-order valence-corrected chi connectivity index (χ2v) is 8.79. The van der Waals surface area contributed by atoms with E-state index < -0.39 is 0 Å². The van der Waals surface area contributed by atoms with Crippen LogP contribution < -0.4 is 5.32 Å². The van der Waals surface area contributed by atoms with Crippen LogP contribution >= 0.6 is 11.6 Å². The Hall–Kier alpha value is -1.81. The van der Waals surface area contributed by atoms with Gasteiger partial charge in [-0.15, -0.1) is 0 Å². The SMILES string of the molecule is Cc1c(CNC2CN3CCC2CC3)c2ccccc2n1Cc1ccccc1Cl. The van der Waals surface area contributed by atoms with Gasteiger partial charge in [-0.3, -0.25) is 0 Å². The normalized spacial score (nSPS) is 24.1. The summed E-state index contributed by atoms with van der Waals surface area (Å²) in [6.45, 7) is 7.80. The molecule has 1 aromatic heterocycles. The van der Waals surface area contributed by atoms with Gasteiger partial charge in [-0.05, 0) is 62.0 Å². The Balaban J connectivity index is 1.44. The van der Waals surface area contributed by atoms with Crippen LogP contribution in [0.4, 0.5) is 0 Å². The van der Waals surface area contributed by atoms with Crippen molar-refractivity contribution in [3.8, 4) is 0 Å². The minimum absolute atomic E-state index is 0.632. The Morgan fingerprint density at radius 3 is 2.54 bits per heavy atom. The van der Waals surface area contributed by atoms with Gasteiger partial charge in [0.25, 0.3) is 0 Å². The zero-order valence-corrected chi connectivity index (χ0v) is 17.3. The lowest BCUT2D eigenvalue weighted by molar-refractivity contribution is 0.0720. The molecule has 3 fully saturated rings. The van der Waals surface area contributed by atoms with Crippen LogP contribution in [0.3, 0.4) is 0 Å². The first-order valence-corrected chi connectivity index (χ1v) is 10.8. The fourth-order valence-corrected chi connectivity index (χ4v) is 5.35. The fraction of sp³-hybridized carbons (Fsp3) is 0.417. The third kappa shape index (κ3) is 3.26. The third-order valence-corrected chi connectivity index (χ3v) is 7.21. The minimum atomic E-state index is 0.632. The number of aromatic nitrogens is 1. The number of hydrogen-bond donors (Lipinski definition) is 1. The highest BCUT2D eigenvalue weighted by Crippen LogP contribution is 2.30. The van der Waals surface area contributed by atoms with Gasteiger partial charge >= 0.3 is 0 Å². The van der Waals surface area contributed by atoms with Gasteiger partial charge < -0.3 is 14.8 Å². The Kier molecular flexibility index (Phi) is 4.92. The molecule has 0 aliphatic carbocycles. The number of halogens is 1. The maximum absolute atomic E-state index is 6.45. The first kappa shape index (κ1) is 18.2. The molecule has 3 nitrogen and oxygen atoms in total. The first-order chi connectivity index (χ1) is 13.7. The lowest BCUT2D eigenvalue weighted by Gasteiger charge is -2.45. The average molecular weight is 394 g/mol. The van der Waals surface area contributed by atoms with Crippen LogP contribution in [-0.4, -0.2) is 35.1 Å². The molecular weight excluding hydrogens is 366 g/mol. The number of nitrogens with one attached hydrogen (secondary N) is 1. The summed E-state index contributed by atoms with van der Waals surface area (Å²) in [5.41, 5.74) is 5.24. The topological polar surface area (TPSA) is 20.2 Å². The van der Waals surface area contributed by atoms with Crippen LogP contribution in [0, 0.1) is 12.8 Å². The second-order valence-electron chi connectivity index (χ2n) is 8.38. The van der Waals surface area contributed by atoms with Crippen molar-refractivity contribution in [1.29, 1.82) is 0 Å². The number of rotatable bonds is 5. The molecule has 1 N–H and O–H groups in total. The van der Waals surface area contributed by atoms with E-state index in [0.717, 1.165) is 24.0 Å². The zero-order chi connectivity index (χ0) is 19.1. The lowest BCUT2D eigenvalue weighted by atomic mass is 9.84. The molecule has 1 atom stereocenters. The lowest BCUT2D eigenvalue weighted by Crippen LogP contribution is -2.55. The molecule has 0 amide bonds. The van der Waals surface area contributed by atoms with E-state index in [9.17, 15) is 0 Å². The number of hydrogen-bond acceptors (Lipinski definition) is 2. The maximum atomic E-state index is 6.45. The molecule has 3 aliphatic heterocycles. The largest absolute Gasteiger partial charge is 0.340 e. The standard InChI is InChI=1S/C24H28ClN3/c1-17-21(14-26-23-16-27-12-10-18(23)11-13-27)20-7-3-5-9-24(20)28(17)15-19-6-2-4-8-22(19)25/h2-9,18,23,26H,10-16H2,1H3. The van der Waals surface area contributed by atoms with Gasteiger partial charge in [0.15, 0.2) is 0 Å². The summed E-state index contributed by atoms with van der Waals surface area (Å²) in [6.07, 6.45) is 2.70. The second kappa shape index (κ2) is 7.55. The molecule has 0 saturated carbocycles. The van der Waals surface area contributed by atoms with E-state index in [1.165, 1.54) is 60.2 Å². The smallest absolute Gasteiger partial charge is 0.0493 e. The van der Waals surface area contributed by atoms with Crippen molar-refractivity contribution in [2.75, 3.05) is 19.6 Å². The molecule has 3 saturated heterocycles. The van der Waals surface area contributed by atoms with Crippen molar-refractivity contribution in [1.82, 2.24) is 14.8 Å². The highest BCUT2D eigenvalue weighted by molar-refractivity contribution is 6.31. The number of nitrogens with zero attached hydrogens (tertiary/aromatic N) is 2. The van der Waals surface area contributed by atoms with Gasteiger partial charge in [0.2, 0.25) is 0 Å². The Morgan fingerprint density at radius 2 is 1.79 bits per heavy atom. The minimum Gasteiger partial charge on any atom is -0.340 e. The summed E-state index contributed by atoms with van der Waals surface area (Å²) in [5.74, 6) is 0.849. The van der Waals surface area contributed by atoms with E-state index in [4.69, 9.17) is 11.6 Å². The molecule has 3 aliphatic rings. The fourth-order valence-electron chi connectivity index (χ4n) is 5.16. The quantitative estimate of drug-likeness (QED) is 0.669. The van der Waals surface area contributed by atoms with Crippen LogP contribution in [0.1, 0.15) is 29.7 Å². The predicted octanol–water partition coefficient (Wildman–Crippen LogP) is 4.84. The number of fused-ring (bicyclic) bond motifs is 4. The summed E-state index contributed by atoms with van der Waals surface area (Å²) >= 11 is 6.45. The van der Waals surface area contributed by atoms with Crippen LogP contribution in [0.15, 0.2) is 48.5 Å². The van der Waals surface area contributed by atoms with Crippen molar-refractivity contribution in [2.45, 2.75) is 38.9 Å². The summed E-state index contributed by atoms with van der Waals surface area (Å²) in [6, 6.07) is 17.6. The molecule has 2 bridgehead atoms. The average Bonchev–Trinajstić information content (AvgIpc) is 3.00. The van der Waals surface area contributed by atoms with Crippen molar-refractivity contribution >= 4 is 22.5 Å². The van der Waals surface area contributed by atoms with Crippen molar-refractivity contribution in [3.05, 3.63) is 70.4 Å². The van der Waals surface area contributed by atoms with Gasteiger partial charge in [0, 0.05) is 47.3 Å². The molecule has 2 aromatic carbocycles. The van der Waals surface area contributed by atoms with Gasteiger partial charge in [0.1, 0.15) is 0 Å². The molecule has 6 rings (SSSR count). The number of piperidine rings is 3. The summed E-state index contributed by atoms with van der Waals surface area (Å²) in [4.78, 5) is 2.62. The Morgan fingerprint density at radius 1 is 1.04 bits per heavy atom. The zero-order valence-electron chi connectivity index (χ0n) is 16.5. The Bertz CT molecular complexity index is 985. The predicted molar refractivity (Wildman–Crippen MR) is 117 cm³/mol. The molecule has 4 heteroatoms. The maximum Gasteiger partial charge on any atom is 0.0493 e. The molecular formula is C24H28ClN3. The summed E-state index contributed by atoms with van der Waals surface area (Å²) in [7, 11) is 0. The molecule has 3 aromatic rings. The van der Waals surface area contributed by atoms with E-state index in [1.54, 1.807) is 0 Å². The summed E-state index contributed by atoms with van der Waals surface area (Å²) < 4.78 is 2.42. The van der Waals surface area contributed by atoms with Crippen molar-refractivity contribution < 1.29 is 0 Å². The highest BCUT2D eigenvalue weighted by Gasteiger charge is 2.33. The first-order valence-electron chi connectivity index (χ1n) is 10.5. The van der Waals surface area contributed by atoms with Crippen LogP contribution in [0.5, 0.6) is 0 Å². The van der Waals surface area contributed by atoms with Gasteiger partial charge in [-0.1, -0.05) is 48.0 Å². The van der Waals surface area contributed by atoms with E-state index in [2.05, 4.69) is 58.1 Å². The molecule has 4 heterocycles. The van der Waals surface area contributed by atoms with Gasteiger partial charge in [0.05, 0.1) is 0 Å². The summed E-state index contributed by atoms with van der Waals surface area (Å²) in [5, 5.41) is 6.11. The van der Waals surface area contributed by atoms with Crippen molar-refractivity contribution in [3.63, 3.8) is 0 Å². The van der Waals surface area contributed by atoms with Crippen molar-refractivity contribution in [2.24, 2.45) is 5.92 Å². The monoisotopic (exact) mass is 393 g/mol. The molecule has 0 spiro atoms. The number of benzene rings is 2. The van der Waals surface area contributed by atoms with Gasteiger partial charge in [-0.2, -0.15) is 0 Å². The van der Waals surface area contributed by atoms with E-state index in [-0.39, 0.29) is 0 Å². The van der Waals surface area contributed by atoms with Crippen LogP contribution in [-0.2, 0) is 13.1 Å².